The maximum Gasteiger partial charge on any atom is 0.305 e. The van der Waals surface area contributed by atoms with Crippen molar-refractivity contribution < 1.29 is 14.7 Å². The molecule has 0 heterocycles. The molecule has 0 radical (unpaired) electrons. The standard InChI is InChI=1S/C14H23NO3/c1-14(2,8-13(17)18)15-12(16)7-11-6-9-3-4-10(11)5-9/h9-11H,3-8H2,1-2H3,(H,15,16)(H,17,18). The van der Waals surface area contributed by atoms with Crippen LogP contribution in [0.4, 0.5) is 0 Å². The van der Waals surface area contributed by atoms with Crippen LogP contribution in [0.5, 0.6) is 0 Å². The number of carbonyl (C=O) groups is 2. The highest BCUT2D eigenvalue weighted by molar-refractivity contribution is 5.78. The van der Waals surface area contributed by atoms with Crippen LogP contribution in [0.15, 0.2) is 0 Å². The van der Waals surface area contributed by atoms with E-state index < -0.39 is 11.5 Å². The number of hydrogen-bond acceptors (Lipinski definition) is 2. The van der Waals surface area contributed by atoms with Crippen LogP contribution >= 0.6 is 0 Å². The average Bonchev–Trinajstić information content (AvgIpc) is 2.74. The number of carboxylic acids is 1. The maximum atomic E-state index is 12.0. The van der Waals surface area contributed by atoms with E-state index in [2.05, 4.69) is 5.32 Å². The van der Waals surface area contributed by atoms with Crippen molar-refractivity contribution in [3.63, 3.8) is 0 Å². The van der Waals surface area contributed by atoms with Gasteiger partial charge in [0.1, 0.15) is 0 Å². The van der Waals surface area contributed by atoms with Gasteiger partial charge in [-0.25, -0.2) is 0 Å². The normalized spacial score (nSPS) is 30.4. The minimum Gasteiger partial charge on any atom is -0.481 e. The summed E-state index contributed by atoms with van der Waals surface area (Å²) in [5.74, 6) is 1.26. The Hall–Kier alpha value is -1.06. The van der Waals surface area contributed by atoms with Gasteiger partial charge in [-0.2, -0.15) is 0 Å². The van der Waals surface area contributed by atoms with Gasteiger partial charge in [0.05, 0.1) is 6.42 Å². The summed E-state index contributed by atoms with van der Waals surface area (Å²) in [6.07, 6.45) is 5.65. The predicted molar refractivity (Wildman–Crippen MR) is 68.0 cm³/mol. The second-order valence-electron chi connectivity index (χ2n) is 6.64. The molecule has 2 bridgehead atoms. The van der Waals surface area contributed by atoms with Crippen molar-refractivity contribution in [3.05, 3.63) is 0 Å². The van der Waals surface area contributed by atoms with Crippen LogP contribution in [0.25, 0.3) is 0 Å². The molecular weight excluding hydrogens is 230 g/mol. The summed E-state index contributed by atoms with van der Waals surface area (Å²) in [5, 5.41) is 11.6. The van der Waals surface area contributed by atoms with E-state index in [1.165, 1.54) is 25.7 Å². The summed E-state index contributed by atoms with van der Waals surface area (Å²) in [6.45, 7) is 3.53. The summed E-state index contributed by atoms with van der Waals surface area (Å²) >= 11 is 0. The highest BCUT2D eigenvalue weighted by atomic mass is 16.4. The van der Waals surface area contributed by atoms with Crippen molar-refractivity contribution in [2.24, 2.45) is 17.8 Å². The molecule has 4 nitrogen and oxygen atoms in total. The summed E-state index contributed by atoms with van der Waals surface area (Å²) in [6, 6.07) is 0. The van der Waals surface area contributed by atoms with Crippen molar-refractivity contribution >= 4 is 11.9 Å². The molecule has 2 N–H and O–H groups in total. The van der Waals surface area contributed by atoms with Gasteiger partial charge in [-0.15, -0.1) is 0 Å². The van der Waals surface area contributed by atoms with Crippen molar-refractivity contribution in [1.29, 1.82) is 0 Å². The van der Waals surface area contributed by atoms with Crippen LogP contribution in [-0.2, 0) is 9.59 Å². The Kier molecular flexibility index (Phi) is 3.64. The predicted octanol–water partition coefficient (Wildman–Crippen LogP) is 2.18. The van der Waals surface area contributed by atoms with Crippen LogP contribution < -0.4 is 5.32 Å². The number of nitrogens with one attached hydrogen (secondary N) is 1. The Morgan fingerprint density at radius 1 is 1.28 bits per heavy atom. The number of aliphatic carboxylic acids is 1. The fourth-order valence-electron chi connectivity index (χ4n) is 3.72. The lowest BCUT2D eigenvalue weighted by Gasteiger charge is -2.27. The van der Waals surface area contributed by atoms with Crippen LogP contribution in [0, 0.1) is 17.8 Å². The minimum atomic E-state index is -0.875. The van der Waals surface area contributed by atoms with E-state index >= 15 is 0 Å². The summed E-state index contributed by atoms with van der Waals surface area (Å²) in [7, 11) is 0. The topological polar surface area (TPSA) is 66.4 Å². The molecular formula is C14H23NO3. The second kappa shape index (κ2) is 4.90. The first kappa shape index (κ1) is 13.4. The first-order chi connectivity index (χ1) is 8.35. The second-order valence-corrected chi connectivity index (χ2v) is 6.64. The Morgan fingerprint density at radius 3 is 2.50 bits per heavy atom. The molecule has 2 fully saturated rings. The van der Waals surface area contributed by atoms with E-state index in [4.69, 9.17) is 5.11 Å². The van der Waals surface area contributed by atoms with E-state index in [0.29, 0.717) is 12.3 Å². The van der Waals surface area contributed by atoms with Gasteiger partial charge in [0.2, 0.25) is 5.91 Å². The number of fused-ring (bicyclic) bond motifs is 2. The van der Waals surface area contributed by atoms with Crippen molar-refractivity contribution in [2.75, 3.05) is 0 Å². The summed E-state index contributed by atoms with van der Waals surface area (Å²) < 4.78 is 0. The molecule has 0 aromatic carbocycles. The van der Waals surface area contributed by atoms with E-state index in [1.54, 1.807) is 13.8 Å². The molecule has 0 spiro atoms. The fraction of sp³-hybridized carbons (Fsp3) is 0.857. The fourth-order valence-corrected chi connectivity index (χ4v) is 3.72. The Bertz CT molecular complexity index is 351. The molecule has 2 rings (SSSR count). The van der Waals surface area contributed by atoms with Crippen molar-refractivity contribution in [3.8, 4) is 0 Å². The zero-order chi connectivity index (χ0) is 13.3. The highest BCUT2D eigenvalue weighted by Gasteiger charge is 2.40. The number of rotatable bonds is 5. The van der Waals surface area contributed by atoms with Crippen LogP contribution in [-0.4, -0.2) is 22.5 Å². The van der Waals surface area contributed by atoms with Crippen LogP contribution in [0.3, 0.4) is 0 Å². The molecule has 3 atom stereocenters. The van der Waals surface area contributed by atoms with E-state index in [-0.39, 0.29) is 12.3 Å². The zero-order valence-corrected chi connectivity index (χ0v) is 11.2. The third-order valence-corrected chi connectivity index (χ3v) is 4.40. The largest absolute Gasteiger partial charge is 0.481 e. The lowest BCUT2D eigenvalue weighted by molar-refractivity contribution is -0.138. The lowest BCUT2D eigenvalue weighted by atomic mass is 9.86. The molecule has 2 aliphatic carbocycles. The molecule has 3 unspecified atom stereocenters. The SMILES string of the molecule is CC(C)(CC(=O)O)NC(=O)CC1CC2CCC1C2. The molecule has 0 aliphatic heterocycles. The molecule has 1 amide bonds. The number of hydrogen-bond donors (Lipinski definition) is 2. The van der Waals surface area contributed by atoms with Gasteiger partial charge in [0.15, 0.2) is 0 Å². The zero-order valence-electron chi connectivity index (χ0n) is 11.2. The average molecular weight is 253 g/mol. The third-order valence-electron chi connectivity index (χ3n) is 4.40. The first-order valence-corrected chi connectivity index (χ1v) is 6.88. The van der Waals surface area contributed by atoms with Gasteiger partial charge < -0.3 is 10.4 Å². The number of carboxylic acid groups (broad SMARTS) is 1. The van der Waals surface area contributed by atoms with Gasteiger partial charge in [0, 0.05) is 12.0 Å². The number of carbonyl (C=O) groups excluding carboxylic acids is 1. The molecule has 0 aromatic rings. The Balaban J connectivity index is 1.80. The lowest BCUT2D eigenvalue weighted by Crippen LogP contribution is -2.45. The highest BCUT2D eigenvalue weighted by Crippen LogP contribution is 2.49. The summed E-state index contributed by atoms with van der Waals surface area (Å²) in [4.78, 5) is 22.7. The minimum absolute atomic E-state index is 0.0128. The molecule has 2 aliphatic rings. The quantitative estimate of drug-likeness (QED) is 0.789. The maximum absolute atomic E-state index is 12.0. The van der Waals surface area contributed by atoms with Gasteiger partial charge in [-0.3, -0.25) is 9.59 Å². The van der Waals surface area contributed by atoms with Gasteiger partial charge >= 0.3 is 5.97 Å². The Morgan fingerprint density at radius 2 is 2.00 bits per heavy atom. The van der Waals surface area contributed by atoms with Gasteiger partial charge in [-0.1, -0.05) is 6.42 Å². The van der Waals surface area contributed by atoms with E-state index in [1.807, 2.05) is 0 Å². The van der Waals surface area contributed by atoms with Crippen molar-refractivity contribution in [2.45, 2.75) is 57.9 Å². The Labute approximate surface area is 108 Å². The van der Waals surface area contributed by atoms with Gasteiger partial charge in [0.25, 0.3) is 0 Å². The van der Waals surface area contributed by atoms with Crippen LogP contribution in [0.1, 0.15) is 52.4 Å². The van der Waals surface area contributed by atoms with E-state index in [0.717, 1.165) is 11.8 Å². The molecule has 2 saturated carbocycles. The third kappa shape index (κ3) is 3.24. The number of amides is 1. The monoisotopic (exact) mass is 253 g/mol. The van der Waals surface area contributed by atoms with Crippen molar-refractivity contribution in [1.82, 2.24) is 5.32 Å². The van der Waals surface area contributed by atoms with E-state index in [9.17, 15) is 9.59 Å². The smallest absolute Gasteiger partial charge is 0.305 e. The van der Waals surface area contributed by atoms with Crippen LogP contribution in [0.2, 0.25) is 0 Å². The molecule has 0 saturated heterocycles. The first-order valence-electron chi connectivity index (χ1n) is 6.88. The molecule has 0 aromatic heterocycles. The molecule has 102 valence electrons. The summed E-state index contributed by atoms with van der Waals surface area (Å²) in [5.41, 5.74) is -0.652. The van der Waals surface area contributed by atoms with Gasteiger partial charge in [-0.05, 0) is 50.9 Å². The molecule has 18 heavy (non-hydrogen) atoms. The molecule has 4 heteroatoms.